The van der Waals surface area contributed by atoms with E-state index in [1.54, 1.807) is 0 Å². The molecular formula is C7H11NO2. The van der Waals surface area contributed by atoms with Crippen LogP contribution in [0.15, 0.2) is 12.2 Å². The average Bonchev–Trinajstić information content (AvgIpc) is 1.88. The Morgan fingerprint density at radius 3 is 3.20 bits per heavy atom. The van der Waals surface area contributed by atoms with Crippen molar-refractivity contribution in [3.8, 4) is 0 Å². The molecular weight excluding hydrogens is 130 g/mol. The lowest BCUT2D eigenvalue weighted by Gasteiger charge is -2.20. The summed E-state index contributed by atoms with van der Waals surface area (Å²) in [5.74, 6) is -0.0330. The molecule has 0 aromatic heterocycles. The number of carbonyl (C=O) groups is 1. The van der Waals surface area contributed by atoms with Crippen molar-refractivity contribution in [2.24, 2.45) is 0 Å². The van der Waals surface area contributed by atoms with Crippen molar-refractivity contribution in [2.45, 2.75) is 13.0 Å². The second-order valence-corrected chi connectivity index (χ2v) is 2.21. The molecule has 3 nitrogen and oxygen atoms in total. The highest BCUT2D eigenvalue weighted by molar-refractivity contribution is 5.78. The van der Waals surface area contributed by atoms with Crippen LogP contribution in [0.2, 0.25) is 0 Å². The maximum Gasteiger partial charge on any atom is 0.246 e. The van der Waals surface area contributed by atoms with Crippen LogP contribution in [0.5, 0.6) is 0 Å². The fourth-order valence-electron chi connectivity index (χ4n) is 0.905. The molecule has 3 heteroatoms. The SMILES string of the molecule is C/C=C/[C@H]1COCC(=O)N1. The Kier molecular flexibility index (Phi) is 2.45. The van der Waals surface area contributed by atoms with E-state index in [9.17, 15) is 4.79 Å². The lowest BCUT2D eigenvalue weighted by molar-refractivity contribution is -0.130. The molecule has 1 heterocycles. The molecule has 1 aliphatic heterocycles. The monoisotopic (exact) mass is 141 g/mol. The Balaban J connectivity index is 2.39. The molecule has 1 aliphatic rings. The predicted octanol–water partition coefficient (Wildman–Crippen LogP) is 0.0775. The number of hydrogen-bond acceptors (Lipinski definition) is 2. The largest absolute Gasteiger partial charge is 0.369 e. The van der Waals surface area contributed by atoms with E-state index in [0.29, 0.717) is 6.61 Å². The normalized spacial score (nSPS) is 26.9. The van der Waals surface area contributed by atoms with Gasteiger partial charge in [0.15, 0.2) is 0 Å². The van der Waals surface area contributed by atoms with Crippen molar-refractivity contribution < 1.29 is 9.53 Å². The van der Waals surface area contributed by atoms with Crippen LogP contribution in [-0.4, -0.2) is 25.2 Å². The first-order valence-corrected chi connectivity index (χ1v) is 3.33. The Hall–Kier alpha value is -0.830. The molecule has 0 aliphatic carbocycles. The minimum atomic E-state index is -0.0330. The first kappa shape index (κ1) is 7.28. The zero-order chi connectivity index (χ0) is 7.40. The zero-order valence-corrected chi connectivity index (χ0v) is 5.96. The summed E-state index contributed by atoms with van der Waals surface area (Å²) < 4.78 is 4.98. The van der Waals surface area contributed by atoms with Crippen LogP contribution >= 0.6 is 0 Å². The highest BCUT2D eigenvalue weighted by Gasteiger charge is 2.14. The van der Waals surface area contributed by atoms with Crippen LogP contribution in [0.25, 0.3) is 0 Å². The van der Waals surface area contributed by atoms with E-state index in [2.05, 4.69) is 5.32 Å². The quantitative estimate of drug-likeness (QED) is 0.525. The lowest BCUT2D eigenvalue weighted by atomic mass is 10.2. The number of carbonyl (C=O) groups excluding carboxylic acids is 1. The molecule has 0 spiro atoms. The fourth-order valence-corrected chi connectivity index (χ4v) is 0.905. The van der Waals surface area contributed by atoms with Crippen molar-refractivity contribution in [2.75, 3.05) is 13.2 Å². The van der Waals surface area contributed by atoms with E-state index >= 15 is 0 Å². The molecule has 0 aromatic rings. The number of hydrogen-bond donors (Lipinski definition) is 1. The second-order valence-electron chi connectivity index (χ2n) is 2.21. The van der Waals surface area contributed by atoms with Crippen molar-refractivity contribution in [1.82, 2.24) is 5.32 Å². The topological polar surface area (TPSA) is 38.3 Å². The standard InChI is InChI=1S/C7H11NO2/c1-2-3-6-4-10-5-7(9)8-6/h2-3,6H,4-5H2,1H3,(H,8,9)/b3-2+/t6-/m0/s1. The molecule has 1 rings (SSSR count). The Labute approximate surface area is 60.1 Å². The van der Waals surface area contributed by atoms with Crippen molar-refractivity contribution in [3.05, 3.63) is 12.2 Å². The van der Waals surface area contributed by atoms with Gasteiger partial charge in [0.1, 0.15) is 6.61 Å². The Bertz CT molecular complexity index is 154. The number of ether oxygens (including phenoxy) is 1. The Morgan fingerprint density at radius 1 is 1.80 bits per heavy atom. The summed E-state index contributed by atoms with van der Waals surface area (Å²) in [6.45, 7) is 2.71. The summed E-state index contributed by atoms with van der Waals surface area (Å²) in [7, 11) is 0. The first-order valence-electron chi connectivity index (χ1n) is 3.33. The third kappa shape index (κ3) is 1.84. The summed E-state index contributed by atoms with van der Waals surface area (Å²) in [5, 5.41) is 2.77. The zero-order valence-electron chi connectivity index (χ0n) is 5.96. The van der Waals surface area contributed by atoms with Gasteiger partial charge in [0.05, 0.1) is 12.6 Å². The summed E-state index contributed by atoms with van der Waals surface area (Å²) in [5.41, 5.74) is 0. The van der Waals surface area contributed by atoms with E-state index in [4.69, 9.17) is 4.74 Å². The minimum Gasteiger partial charge on any atom is -0.369 e. The van der Waals surface area contributed by atoms with Gasteiger partial charge in [-0.15, -0.1) is 0 Å². The van der Waals surface area contributed by atoms with E-state index in [-0.39, 0.29) is 18.6 Å². The number of rotatable bonds is 1. The fraction of sp³-hybridized carbons (Fsp3) is 0.571. The molecule has 1 saturated heterocycles. The lowest BCUT2D eigenvalue weighted by Crippen LogP contribution is -2.44. The molecule has 1 N–H and O–H groups in total. The van der Waals surface area contributed by atoms with Crippen molar-refractivity contribution >= 4 is 5.91 Å². The summed E-state index contributed by atoms with van der Waals surface area (Å²) in [4.78, 5) is 10.7. The molecule has 0 bridgehead atoms. The van der Waals surface area contributed by atoms with Gasteiger partial charge in [0.25, 0.3) is 0 Å². The molecule has 1 atom stereocenters. The number of allylic oxidation sites excluding steroid dienone is 1. The molecule has 10 heavy (non-hydrogen) atoms. The summed E-state index contributed by atoms with van der Waals surface area (Å²) in [6, 6.07) is 0.0752. The maximum atomic E-state index is 10.7. The van der Waals surface area contributed by atoms with E-state index < -0.39 is 0 Å². The maximum absolute atomic E-state index is 10.7. The van der Waals surface area contributed by atoms with Gasteiger partial charge in [-0.2, -0.15) is 0 Å². The average molecular weight is 141 g/mol. The van der Waals surface area contributed by atoms with Gasteiger partial charge in [-0.3, -0.25) is 4.79 Å². The van der Waals surface area contributed by atoms with Gasteiger partial charge in [-0.1, -0.05) is 12.2 Å². The molecule has 1 fully saturated rings. The molecule has 1 amide bonds. The van der Waals surface area contributed by atoms with E-state index in [1.807, 2.05) is 19.1 Å². The number of amides is 1. The van der Waals surface area contributed by atoms with E-state index in [1.165, 1.54) is 0 Å². The van der Waals surface area contributed by atoms with Gasteiger partial charge in [0, 0.05) is 0 Å². The van der Waals surface area contributed by atoms with Crippen LogP contribution in [0.3, 0.4) is 0 Å². The molecule has 0 saturated carbocycles. The van der Waals surface area contributed by atoms with Gasteiger partial charge in [0.2, 0.25) is 5.91 Å². The van der Waals surface area contributed by atoms with Crippen LogP contribution < -0.4 is 5.32 Å². The second kappa shape index (κ2) is 3.37. The smallest absolute Gasteiger partial charge is 0.246 e. The summed E-state index contributed by atoms with van der Waals surface area (Å²) >= 11 is 0. The van der Waals surface area contributed by atoms with Crippen LogP contribution in [0, 0.1) is 0 Å². The third-order valence-corrected chi connectivity index (χ3v) is 1.30. The molecule has 0 radical (unpaired) electrons. The highest BCUT2D eigenvalue weighted by Crippen LogP contribution is 1.94. The van der Waals surface area contributed by atoms with Gasteiger partial charge in [-0.25, -0.2) is 0 Å². The van der Waals surface area contributed by atoms with Crippen LogP contribution in [0.1, 0.15) is 6.92 Å². The minimum absolute atomic E-state index is 0.0330. The molecule has 56 valence electrons. The molecule has 0 aromatic carbocycles. The van der Waals surface area contributed by atoms with Gasteiger partial charge in [-0.05, 0) is 6.92 Å². The third-order valence-electron chi connectivity index (χ3n) is 1.30. The number of morpholine rings is 1. The van der Waals surface area contributed by atoms with Gasteiger partial charge >= 0.3 is 0 Å². The van der Waals surface area contributed by atoms with Crippen molar-refractivity contribution in [3.63, 3.8) is 0 Å². The van der Waals surface area contributed by atoms with Crippen LogP contribution in [0.4, 0.5) is 0 Å². The molecule has 0 unspecified atom stereocenters. The number of nitrogens with one attached hydrogen (secondary N) is 1. The Morgan fingerprint density at radius 2 is 2.60 bits per heavy atom. The van der Waals surface area contributed by atoms with Crippen molar-refractivity contribution in [1.29, 1.82) is 0 Å². The first-order chi connectivity index (χ1) is 4.83. The summed E-state index contributed by atoms with van der Waals surface area (Å²) in [6.07, 6.45) is 3.82. The predicted molar refractivity (Wildman–Crippen MR) is 37.6 cm³/mol. The van der Waals surface area contributed by atoms with E-state index in [0.717, 1.165) is 0 Å². The van der Waals surface area contributed by atoms with Crippen LogP contribution in [-0.2, 0) is 9.53 Å². The highest BCUT2D eigenvalue weighted by atomic mass is 16.5. The van der Waals surface area contributed by atoms with Gasteiger partial charge < -0.3 is 10.1 Å².